The normalized spacial score (nSPS) is 14.7. The Bertz CT molecular complexity index is 2070. The molecule has 14 heteroatoms. The summed E-state index contributed by atoms with van der Waals surface area (Å²) in [7, 11) is 1.42. The Morgan fingerprint density at radius 3 is 2.56 bits per heavy atom. The molecule has 2 N–H and O–H groups in total. The molecule has 3 aromatic heterocycles. The quantitative estimate of drug-likeness (QED) is 0.140. The van der Waals surface area contributed by atoms with E-state index in [0.29, 0.717) is 16.9 Å². The molecule has 1 fully saturated rings. The van der Waals surface area contributed by atoms with Gasteiger partial charge in [-0.05, 0) is 42.7 Å². The van der Waals surface area contributed by atoms with Gasteiger partial charge in [0.25, 0.3) is 11.8 Å². The number of halogens is 3. The van der Waals surface area contributed by atoms with Gasteiger partial charge in [0.15, 0.2) is 11.6 Å². The Labute approximate surface area is 280 Å². The summed E-state index contributed by atoms with van der Waals surface area (Å²) < 4.78 is 46.9. The monoisotopic (exact) mass is 675 g/mol. The van der Waals surface area contributed by atoms with Gasteiger partial charge in [-0.25, -0.2) is 24.7 Å². The lowest BCUT2D eigenvalue weighted by atomic mass is 10.0. The van der Waals surface area contributed by atoms with Crippen molar-refractivity contribution in [2.75, 3.05) is 38.1 Å². The van der Waals surface area contributed by atoms with Crippen molar-refractivity contribution in [1.29, 1.82) is 0 Å². The van der Waals surface area contributed by atoms with Crippen molar-refractivity contribution in [2.45, 2.75) is 32.7 Å². The zero-order valence-corrected chi connectivity index (χ0v) is 27.5. The molecule has 1 saturated heterocycles. The Kier molecular flexibility index (Phi) is 9.54. The summed E-state index contributed by atoms with van der Waals surface area (Å²) in [5.41, 5.74) is 1.03. The van der Waals surface area contributed by atoms with E-state index in [1.54, 1.807) is 17.2 Å². The van der Waals surface area contributed by atoms with Crippen LogP contribution in [0, 0.1) is 29.8 Å². The molecule has 0 aliphatic carbocycles. The Balaban J connectivity index is 1.93. The third kappa shape index (κ3) is 5.85. The second-order valence-corrected chi connectivity index (χ2v) is 12.0. The number of benzene rings is 1. The molecule has 5 rings (SSSR count). The van der Waals surface area contributed by atoms with Gasteiger partial charge in [-0.2, -0.15) is 0 Å². The van der Waals surface area contributed by atoms with Crippen molar-refractivity contribution in [3.8, 4) is 22.7 Å². The maximum atomic E-state index is 16.3. The first-order valence-corrected chi connectivity index (χ1v) is 15.4. The Morgan fingerprint density at radius 2 is 1.94 bits per heavy atom. The fourth-order valence-corrected chi connectivity index (χ4v) is 6.45. The number of amides is 2. The lowest BCUT2D eigenvalue weighted by molar-refractivity contribution is -0.131. The van der Waals surface area contributed by atoms with Crippen LogP contribution < -0.4 is 10.2 Å². The predicted molar refractivity (Wildman–Crippen MR) is 178 cm³/mol. The fourth-order valence-electron chi connectivity index (χ4n) is 6.08. The van der Waals surface area contributed by atoms with Crippen LogP contribution in [-0.2, 0) is 4.79 Å². The maximum Gasteiger partial charge on any atom is 0.282 e. The number of piperazine rings is 1. The third-order valence-corrected chi connectivity index (χ3v) is 8.66. The van der Waals surface area contributed by atoms with Crippen LogP contribution in [0.3, 0.4) is 0 Å². The summed E-state index contributed by atoms with van der Waals surface area (Å²) in [4.78, 5) is 41.9. The zero-order valence-electron chi connectivity index (χ0n) is 26.6. The SMILES string of the molecule is [C-]#[N+]C[C@H]1CN(c2c(C(=O)NC)c(=S)n(-c3c(C)ccnc3C(C)C)c3nc(-c4c(O)cccc4F)c(F)cc23)CCN1C(=O)C(=C)F. The molecule has 0 radical (unpaired) electrons. The molecular weight excluding hydrogens is 643 g/mol. The molecular formula is C34H32F3N7O3S. The first kappa shape index (κ1) is 34.1. The van der Waals surface area contributed by atoms with Crippen molar-refractivity contribution in [1.82, 2.24) is 24.8 Å². The number of anilines is 1. The highest BCUT2D eigenvalue weighted by atomic mass is 32.1. The van der Waals surface area contributed by atoms with Crippen LogP contribution in [-0.4, -0.2) is 75.6 Å². The van der Waals surface area contributed by atoms with E-state index < -0.39 is 52.3 Å². The van der Waals surface area contributed by atoms with Crippen LogP contribution in [0.15, 0.2) is 48.9 Å². The van der Waals surface area contributed by atoms with Gasteiger partial charge in [-0.15, -0.1) is 0 Å². The Hall–Kier alpha value is -5.29. The molecule has 0 spiro atoms. The van der Waals surface area contributed by atoms with Crippen molar-refractivity contribution < 1.29 is 27.9 Å². The first-order valence-electron chi connectivity index (χ1n) is 15.0. The largest absolute Gasteiger partial charge is 0.507 e. The van der Waals surface area contributed by atoms with Gasteiger partial charge < -0.3 is 25.1 Å². The van der Waals surface area contributed by atoms with Crippen molar-refractivity contribution in [3.63, 3.8) is 0 Å². The first-order chi connectivity index (χ1) is 22.8. The topological polar surface area (TPSA) is 108 Å². The number of rotatable bonds is 7. The minimum Gasteiger partial charge on any atom is -0.507 e. The van der Waals surface area contributed by atoms with Gasteiger partial charge in [0.2, 0.25) is 6.54 Å². The summed E-state index contributed by atoms with van der Waals surface area (Å²) in [6, 6.07) is 5.59. The minimum absolute atomic E-state index is 0.0168. The van der Waals surface area contributed by atoms with Gasteiger partial charge >= 0.3 is 0 Å². The zero-order chi connectivity index (χ0) is 35.0. The average Bonchev–Trinajstić information content (AvgIpc) is 3.04. The van der Waals surface area contributed by atoms with Crippen LogP contribution in [0.4, 0.5) is 18.9 Å². The van der Waals surface area contributed by atoms with Gasteiger partial charge in [0.1, 0.15) is 33.6 Å². The van der Waals surface area contributed by atoms with Gasteiger partial charge in [-0.3, -0.25) is 19.1 Å². The molecule has 1 atom stereocenters. The van der Waals surface area contributed by atoms with E-state index in [4.69, 9.17) is 18.8 Å². The predicted octanol–water partition coefficient (Wildman–Crippen LogP) is 6.01. The molecule has 2 amide bonds. The molecule has 10 nitrogen and oxygen atoms in total. The van der Waals surface area contributed by atoms with E-state index in [-0.39, 0.29) is 59.0 Å². The number of hydrogen-bond donors (Lipinski definition) is 2. The van der Waals surface area contributed by atoms with Crippen molar-refractivity contribution in [2.24, 2.45) is 0 Å². The number of aromatic nitrogens is 3. The molecule has 1 aliphatic rings. The summed E-state index contributed by atoms with van der Waals surface area (Å²) in [6.45, 7) is 16.0. The van der Waals surface area contributed by atoms with Crippen molar-refractivity contribution >= 4 is 40.8 Å². The van der Waals surface area contributed by atoms with E-state index in [1.165, 1.54) is 28.6 Å². The number of pyridine rings is 3. The highest BCUT2D eigenvalue weighted by Crippen LogP contribution is 2.40. The summed E-state index contributed by atoms with van der Waals surface area (Å²) in [5, 5.41) is 13.3. The fraction of sp³-hybridized carbons (Fsp3) is 0.294. The number of nitrogens with zero attached hydrogens (tertiary/aromatic N) is 6. The molecule has 0 bridgehead atoms. The van der Waals surface area contributed by atoms with Crippen LogP contribution in [0.2, 0.25) is 0 Å². The van der Waals surface area contributed by atoms with Crippen LogP contribution in [0.25, 0.3) is 32.8 Å². The Morgan fingerprint density at radius 1 is 1.21 bits per heavy atom. The number of phenolic OH excluding ortho intramolecular Hbond substituents is 1. The molecule has 4 aromatic rings. The van der Waals surface area contributed by atoms with Crippen molar-refractivity contribution in [3.05, 3.63) is 93.4 Å². The van der Waals surface area contributed by atoms with Crippen LogP contribution in [0.1, 0.15) is 41.4 Å². The number of hydrogen-bond acceptors (Lipinski definition) is 7. The minimum atomic E-state index is -1.17. The number of fused-ring (bicyclic) bond motifs is 1. The summed E-state index contributed by atoms with van der Waals surface area (Å²) >= 11 is 6.05. The average molecular weight is 676 g/mol. The molecule has 0 unspecified atom stereocenters. The standard InChI is InChI=1S/C34H32F3N7O3S/c1-17(2)27-29(18(3)10-11-40-27)44-31-21(14-23(37)28(41-31)25-22(36)8-7-9-24(25)45)30(26(34(44)48)32(46)39-6)42-12-13-43(33(47)19(4)35)20(16-42)15-38-5/h7-11,14,17,20,45H,4,12-13,15-16H2,1-3,6H3,(H,39,46)/t20-/m0/s1. The summed E-state index contributed by atoms with van der Waals surface area (Å²) in [6.07, 6.45) is 1.63. The van der Waals surface area contributed by atoms with E-state index in [0.717, 1.165) is 12.1 Å². The molecule has 4 heterocycles. The van der Waals surface area contributed by atoms with Gasteiger partial charge in [-0.1, -0.05) is 38.7 Å². The number of phenols is 1. The lowest BCUT2D eigenvalue weighted by Crippen LogP contribution is -2.56. The molecule has 48 heavy (non-hydrogen) atoms. The third-order valence-electron chi connectivity index (χ3n) is 8.28. The highest BCUT2D eigenvalue weighted by molar-refractivity contribution is 7.71. The molecule has 1 aliphatic heterocycles. The van der Waals surface area contributed by atoms with E-state index >= 15 is 8.78 Å². The van der Waals surface area contributed by atoms with Crippen LogP contribution >= 0.6 is 12.2 Å². The number of carbonyl (C=O) groups is 2. The molecule has 0 saturated carbocycles. The molecule has 248 valence electrons. The number of nitrogens with one attached hydrogen (secondary N) is 1. The van der Waals surface area contributed by atoms with E-state index in [9.17, 15) is 19.1 Å². The lowest BCUT2D eigenvalue weighted by Gasteiger charge is -2.41. The second kappa shape index (κ2) is 13.4. The molecule has 1 aromatic carbocycles. The maximum absolute atomic E-state index is 16.3. The van der Waals surface area contributed by atoms with Crippen LogP contribution in [0.5, 0.6) is 5.75 Å². The number of carbonyl (C=O) groups excluding carboxylic acids is 2. The highest BCUT2D eigenvalue weighted by Gasteiger charge is 2.37. The smallest absolute Gasteiger partial charge is 0.282 e. The van der Waals surface area contributed by atoms with E-state index in [2.05, 4.69) is 26.7 Å². The number of aryl methyl sites for hydroxylation is 1. The number of aromatic hydroxyl groups is 1. The second-order valence-electron chi connectivity index (χ2n) is 11.6. The van der Waals surface area contributed by atoms with E-state index in [1.807, 2.05) is 20.8 Å². The van der Waals surface area contributed by atoms with Gasteiger partial charge in [0.05, 0.1) is 28.2 Å². The van der Waals surface area contributed by atoms with Gasteiger partial charge in [0, 0.05) is 38.3 Å². The summed E-state index contributed by atoms with van der Waals surface area (Å²) in [5.74, 6) is -5.32.